The Kier molecular flexibility index (Phi) is 7.21. The molecule has 0 saturated carbocycles. The monoisotopic (exact) mass is 507 g/mol. The highest BCUT2D eigenvalue weighted by atomic mass is 35.5. The molecule has 4 rings (SSSR count). The van der Waals surface area contributed by atoms with Gasteiger partial charge in [0.1, 0.15) is 29.1 Å². The third-order valence-corrected chi connectivity index (χ3v) is 8.41. The molecule has 1 aliphatic heterocycles. The first kappa shape index (κ1) is 23.9. The Morgan fingerprint density at radius 1 is 1.21 bits per heavy atom. The molecule has 2 aromatic carbocycles. The van der Waals surface area contributed by atoms with Crippen LogP contribution in [0.2, 0.25) is 10.0 Å². The van der Waals surface area contributed by atoms with Crippen LogP contribution in [-0.4, -0.2) is 49.7 Å². The average molecular weight is 508 g/mol. The van der Waals surface area contributed by atoms with Gasteiger partial charge in [-0.25, -0.2) is 13.4 Å². The van der Waals surface area contributed by atoms with E-state index in [-0.39, 0.29) is 35.7 Å². The summed E-state index contributed by atoms with van der Waals surface area (Å²) in [6, 6.07) is 12.3. The number of fused-ring (bicyclic) bond motifs is 1. The molecular formula is C23H23Cl2N3O4S. The summed E-state index contributed by atoms with van der Waals surface area (Å²) in [5.74, 6) is 0.556. The molecule has 1 aliphatic rings. The summed E-state index contributed by atoms with van der Waals surface area (Å²) in [7, 11) is -3.84. The van der Waals surface area contributed by atoms with E-state index >= 15 is 0 Å². The number of halogens is 2. The number of aldehydes is 1. The molecule has 0 aliphatic carbocycles. The van der Waals surface area contributed by atoms with Crippen LogP contribution in [0.25, 0.3) is 10.9 Å². The number of ether oxygens (including phenoxy) is 1. The summed E-state index contributed by atoms with van der Waals surface area (Å²) >= 11 is 12.9. The lowest BCUT2D eigenvalue weighted by Gasteiger charge is -2.19. The molecule has 7 nitrogen and oxygen atoms in total. The SMILES string of the molecule is Cc1ccc2cccc(OCc3c(Cl)ccc(S(=O)(=O)N4CCC(NCC=O)C4)c3Cl)c2n1. The van der Waals surface area contributed by atoms with E-state index in [4.69, 9.17) is 27.9 Å². The minimum absolute atomic E-state index is 0.0146. The molecule has 33 heavy (non-hydrogen) atoms. The lowest BCUT2D eigenvalue weighted by atomic mass is 10.2. The summed E-state index contributed by atoms with van der Waals surface area (Å²) in [5.41, 5.74) is 1.95. The van der Waals surface area contributed by atoms with Gasteiger partial charge in [-0.2, -0.15) is 4.31 Å². The van der Waals surface area contributed by atoms with Crippen molar-refractivity contribution in [2.75, 3.05) is 19.6 Å². The summed E-state index contributed by atoms with van der Waals surface area (Å²) < 4.78 is 33.9. The zero-order chi connectivity index (χ0) is 23.6. The van der Waals surface area contributed by atoms with Crippen LogP contribution in [0.5, 0.6) is 5.75 Å². The number of aromatic nitrogens is 1. The van der Waals surface area contributed by atoms with Crippen LogP contribution in [0.15, 0.2) is 47.4 Å². The predicted octanol–water partition coefficient (Wildman–Crippen LogP) is 3.98. The van der Waals surface area contributed by atoms with Crippen LogP contribution < -0.4 is 10.1 Å². The lowest BCUT2D eigenvalue weighted by Crippen LogP contribution is -2.36. The van der Waals surface area contributed by atoms with Crippen molar-refractivity contribution in [3.05, 3.63) is 63.8 Å². The molecule has 2 heterocycles. The first-order chi connectivity index (χ1) is 15.8. The number of carbonyl (C=O) groups is 1. The van der Waals surface area contributed by atoms with Crippen LogP contribution in [0.3, 0.4) is 0 Å². The maximum atomic E-state index is 13.3. The number of nitrogens with one attached hydrogen (secondary N) is 1. The number of nitrogens with zero attached hydrogens (tertiary/aromatic N) is 2. The Bertz CT molecular complexity index is 1300. The number of hydrogen-bond donors (Lipinski definition) is 1. The van der Waals surface area contributed by atoms with Gasteiger partial charge in [0.2, 0.25) is 10.0 Å². The molecule has 1 fully saturated rings. The summed E-state index contributed by atoms with van der Waals surface area (Å²) in [4.78, 5) is 15.1. The molecular weight excluding hydrogens is 485 g/mol. The third-order valence-electron chi connectivity index (χ3n) is 5.60. The van der Waals surface area contributed by atoms with Gasteiger partial charge in [0.25, 0.3) is 0 Å². The van der Waals surface area contributed by atoms with Gasteiger partial charge in [-0.3, -0.25) is 0 Å². The second-order valence-electron chi connectivity index (χ2n) is 7.83. The quantitative estimate of drug-likeness (QED) is 0.463. The van der Waals surface area contributed by atoms with E-state index in [0.717, 1.165) is 17.4 Å². The zero-order valence-electron chi connectivity index (χ0n) is 17.9. The van der Waals surface area contributed by atoms with Gasteiger partial charge >= 0.3 is 0 Å². The Labute approximate surface area is 202 Å². The van der Waals surface area contributed by atoms with Crippen molar-refractivity contribution in [3.63, 3.8) is 0 Å². The molecule has 0 radical (unpaired) electrons. The first-order valence-corrected chi connectivity index (χ1v) is 12.6. The molecule has 0 bridgehead atoms. The van der Waals surface area contributed by atoms with E-state index in [1.54, 1.807) is 6.07 Å². The Morgan fingerprint density at radius 3 is 2.82 bits per heavy atom. The zero-order valence-corrected chi connectivity index (χ0v) is 20.3. The van der Waals surface area contributed by atoms with E-state index in [9.17, 15) is 13.2 Å². The van der Waals surface area contributed by atoms with Crippen molar-refractivity contribution < 1.29 is 17.9 Å². The molecule has 1 atom stereocenters. The average Bonchev–Trinajstić information content (AvgIpc) is 3.27. The maximum absolute atomic E-state index is 13.3. The number of carbonyl (C=O) groups excluding carboxylic acids is 1. The standard InChI is InChI=1S/C23H23Cl2N3O4S/c1-15-5-6-16-3-2-4-20(23(16)27-15)32-14-18-19(24)7-8-21(22(18)25)33(30,31)28-11-9-17(13-28)26-10-12-29/h2-8,12,17,26H,9-11,13-14H2,1H3. The van der Waals surface area contributed by atoms with E-state index in [2.05, 4.69) is 10.3 Å². The number of benzene rings is 2. The minimum atomic E-state index is -3.84. The van der Waals surface area contributed by atoms with Crippen LogP contribution in [-0.2, 0) is 21.4 Å². The summed E-state index contributed by atoms with van der Waals surface area (Å²) in [6.07, 6.45) is 1.37. The highest BCUT2D eigenvalue weighted by Gasteiger charge is 2.34. The van der Waals surface area contributed by atoms with Gasteiger partial charge in [0.15, 0.2) is 0 Å². The number of rotatable bonds is 8. The van der Waals surface area contributed by atoms with Crippen molar-refractivity contribution in [1.82, 2.24) is 14.6 Å². The normalized spacial score (nSPS) is 16.9. The highest BCUT2D eigenvalue weighted by molar-refractivity contribution is 7.89. The van der Waals surface area contributed by atoms with E-state index < -0.39 is 10.0 Å². The van der Waals surface area contributed by atoms with E-state index in [1.807, 2.05) is 31.2 Å². The second-order valence-corrected chi connectivity index (χ2v) is 10.5. The Hall–Kier alpha value is -2.23. The Balaban J connectivity index is 1.59. The number of sulfonamides is 1. The van der Waals surface area contributed by atoms with Gasteiger partial charge < -0.3 is 14.8 Å². The topological polar surface area (TPSA) is 88.6 Å². The summed E-state index contributed by atoms with van der Waals surface area (Å²) in [6.45, 7) is 2.67. The molecule has 1 saturated heterocycles. The number of para-hydroxylation sites is 1. The maximum Gasteiger partial charge on any atom is 0.244 e. The lowest BCUT2D eigenvalue weighted by molar-refractivity contribution is -0.107. The molecule has 0 amide bonds. The van der Waals surface area contributed by atoms with Gasteiger partial charge in [-0.05, 0) is 37.6 Å². The van der Waals surface area contributed by atoms with Crippen molar-refractivity contribution >= 4 is 50.4 Å². The molecule has 1 unspecified atom stereocenters. The largest absolute Gasteiger partial charge is 0.487 e. The van der Waals surface area contributed by atoms with Gasteiger partial charge in [0, 0.05) is 40.8 Å². The van der Waals surface area contributed by atoms with Crippen molar-refractivity contribution in [2.45, 2.75) is 30.9 Å². The summed E-state index contributed by atoms with van der Waals surface area (Å²) in [5, 5.41) is 4.30. The van der Waals surface area contributed by atoms with Crippen molar-refractivity contribution in [1.29, 1.82) is 0 Å². The van der Waals surface area contributed by atoms with Crippen LogP contribution >= 0.6 is 23.2 Å². The minimum Gasteiger partial charge on any atom is -0.487 e. The van der Waals surface area contributed by atoms with Crippen molar-refractivity contribution in [3.8, 4) is 5.75 Å². The molecule has 174 valence electrons. The molecule has 10 heteroatoms. The molecule has 3 aromatic rings. The van der Waals surface area contributed by atoms with E-state index in [1.165, 1.54) is 16.4 Å². The van der Waals surface area contributed by atoms with Gasteiger partial charge in [-0.15, -0.1) is 0 Å². The number of hydrogen-bond acceptors (Lipinski definition) is 6. The smallest absolute Gasteiger partial charge is 0.244 e. The van der Waals surface area contributed by atoms with Gasteiger partial charge in [-0.1, -0.05) is 41.4 Å². The van der Waals surface area contributed by atoms with Crippen LogP contribution in [0.1, 0.15) is 17.7 Å². The highest BCUT2D eigenvalue weighted by Crippen LogP contribution is 2.35. The first-order valence-electron chi connectivity index (χ1n) is 10.4. The van der Waals surface area contributed by atoms with E-state index in [0.29, 0.717) is 34.8 Å². The number of pyridine rings is 1. The molecule has 1 N–H and O–H groups in total. The second kappa shape index (κ2) is 9.95. The predicted molar refractivity (Wildman–Crippen MR) is 129 cm³/mol. The third kappa shape index (κ3) is 5.00. The van der Waals surface area contributed by atoms with Crippen LogP contribution in [0.4, 0.5) is 0 Å². The number of aryl methyl sites for hydroxylation is 1. The molecule has 1 aromatic heterocycles. The van der Waals surface area contributed by atoms with Gasteiger partial charge in [0.05, 0.1) is 11.6 Å². The fourth-order valence-corrected chi connectivity index (χ4v) is 6.22. The Morgan fingerprint density at radius 2 is 2.03 bits per heavy atom. The fourth-order valence-electron chi connectivity index (χ4n) is 3.86. The van der Waals surface area contributed by atoms with Crippen molar-refractivity contribution in [2.24, 2.45) is 0 Å². The van der Waals surface area contributed by atoms with Crippen LogP contribution in [0, 0.1) is 6.92 Å². The molecule has 0 spiro atoms. The fraction of sp³-hybridized carbons (Fsp3) is 0.304.